The number of alkyl halides is 3. The number of nitrogens with two attached hydrogens (primary N) is 1. The topological polar surface area (TPSA) is 55.1 Å². The second-order valence-electron chi connectivity index (χ2n) is 7.04. The van der Waals surface area contributed by atoms with Crippen LogP contribution in [0.2, 0.25) is 0 Å². The molecule has 0 aromatic rings. The summed E-state index contributed by atoms with van der Waals surface area (Å²) in [6.45, 7) is 6.87. The molecule has 0 aromatic carbocycles. The number of hydrogen-bond acceptors (Lipinski definition) is 2. The molecule has 3 nitrogen and oxygen atoms in total. The highest BCUT2D eigenvalue weighted by atomic mass is 19.4. The molecule has 1 saturated carbocycles. The smallest absolute Gasteiger partial charge is 0.351 e. The Morgan fingerprint density at radius 3 is 2.05 bits per heavy atom. The number of hydrogen-bond donors (Lipinski definition) is 2. The molecule has 6 heteroatoms. The average Bonchev–Trinajstić information content (AvgIpc) is 2.26. The maximum atomic E-state index is 12.8. The first-order valence-corrected chi connectivity index (χ1v) is 7.04. The van der Waals surface area contributed by atoms with Gasteiger partial charge in [0.25, 0.3) is 0 Å². The van der Waals surface area contributed by atoms with Crippen LogP contribution < -0.4 is 11.1 Å². The van der Waals surface area contributed by atoms with E-state index in [1.165, 1.54) is 0 Å². The zero-order valence-electron chi connectivity index (χ0n) is 12.6. The molecule has 0 bridgehead atoms. The molecule has 0 aromatic heterocycles. The van der Waals surface area contributed by atoms with E-state index in [1.54, 1.807) is 0 Å². The van der Waals surface area contributed by atoms with Crippen molar-refractivity contribution < 1.29 is 18.0 Å². The van der Waals surface area contributed by atoms with Gasteiger partial charge in [0.05, 0.1) is 0 Å². The van der Waals surface area contributed by atoms with Crippen molar-refractivity contribution in [2.75, 3.05) is 0 Å². The first kappa shape index (κ1) is 17.3. The van der Waals surface area contributed by atoms with Gasteiger partial charge in [-0.3, -0.25) is 4.79 Å². The van der Waals surface area contributed by atoms with Gasteiger partial charge in [0.2, 0.25) is 5.91 Å². The van der Waals surface area contributed by atoms with Crippen molar-refractivity contribution in [1.29, 1.82) is 0 Å². The van der Waals surface area contributed by atoms with Crippen LogP contribution in [0.5, 0.6) is 0 Å². The van der Waals surface area contributed by atoms with Gasteiger partial charge in [-0.25, -0.2) is 0 Å². The lowest BCUT2D eigenvalue weighted by atomic mass is 9.69. The molecule has 1 aliphatic carbocycles. The third-order valence-electron chi connectivity index (χ3n) is 4.26. The molecule has 20 heavy (non-hydrogen) atoms. The summed E-state index contributed by atoms with van der Waals surface area (Å²) in [7, 11) is 0. The van der Waals surface area contributed by atoms with Gasteiger partial charge in [-0.15, -0.1) is 0 Å². The van der Waals surface area contributed by atoms with E-state index >= 15 is 0 Å². The van der Waals surface area contributed by atoms with E-state index in [0.29, 0.717) is 6.42 Å². The van der Waals surface area contributed by atoms with Crippen molar-refractivity contribution in [1.82, 2.24) is 5.32 Å². The molecule has 1 aliphatic rings. The fourth-order valence-corrected chi connectivity index (χ4v) is 2.79. The van der Waals surface area contributed by atoms with E-state index in [-0.39, 0.29) is 17.4 Å². The lowest BCUT2D eigenvalue weighted by Crippen LogP contribution is -2.64. The lowest BCUT2D eigenvalue weighted by molar-refractivity contribution is -0.188. The summed E-state index contributed by atoms with van der Waals surface area (Å²) in [6.07, 6.45) is -1.15. The largest absolute Gasteiger partial charge is 0.415 e. The van der Waals surface area contributed by atoms with Crippen LogP contribution in [0, 0.1) is 11.3 Å². The van der Waals surface area contributed by atoms with Gasteiger partial charge >= 0.3 is 6.18 Å². The van der Waals surface area contributed by atoms with E-state index < -0.39 is 17.6 Å². The molecular formula is C14H25F3N2O. The second kappa shape index (κ2) is 5.54. The van der Waals surface area contributed by atoms with Gasteiger partial charge in [0.15, 0.2) is 5.54 Å². The van der Waals surface area contributed by atoms with Gasteiger partial charge < -0.3 is 11.1 Å². The van der Waals surface area contributed by atoms with E-state index in [9.17, 15) is 18.0 Å². The molecule has 3 N–H and O–H groups in total. The Morgan fingerprint density at radius 1 is 1.10 bits per heavy atom. The van der Waals surface area contributed by atoms with E-state index in [0.717, 1.165) is 26.2 Å². The van der Waals surface area contributed by atoms with Gasteiger partial charge in [0, 0.05) is 6.04 Å². The minimum Gasteiger partial charge on any atom is -0.351 e. The highest BCUT2D eigenvalue weighted by Crippen LogP contribution is 2.38. The van der Waals surface area contributed by atoms with Gasteiger partial charge in [-0.05, 0) is 31.1 Å². The minimum atomic E-state index is -4.75. The summed E-state index contributed by atoms with van der Waals surface area (Å²) in [5.74, 6) is -0.963. The van der Waals surface area contributed by atoms with Crippen LogP contribution >= 0.6 is 0 Å². The Kier molecular flexibility index (Phi) is 4.79. The molecule has 3 unspecified atom stereocenters. The van der Waals surface area contributed by atoms with Crippen LogP contribution in [0.25, 0.3) is 0 Å². The first-order valence-electron chi connectivity index (χ1n) is 7.04. The lowest BCUT2D eigenvalue weighted by Gasteiger charge is -2.42. The Hall–Kier alpha value is -0.780. The summed E-state index contributed by atoms with van der Waals surface area (Å²) in [6, 6.07) is -0.235. The average molecular weight is 294 g/mol. The summed E-state index contributed by atoms with van der Waals surface area (Å²) in [5.41, 5.74) is 2.28. The van der Waals surface area contributed by atoms with Crippen molar-refractivity contribution in [2.24, 2.45) is 17.1 Å². The van der Waals surface area contributed by atoms with Gasteiger partial charge in [0.1, 0.15) is 0 Å². The molecule has 118 valence electrons. The van der Waals surface area contributed by atoms with Crippen molar-refractivity contribution in [3.05, 3.63) is 0 Å². The van der Waals surface area contributed by atoms with Crippen LogP contribution in [0.1, 0.15) is 53.4 Å². The van der Waals surface area contributed by atoms with Crippen LogP contribution in [-0.2, 0) is 4.79 Å². The van der Waals surface area contributed by atoms with Crippen molar-refractivity contribution in [3.8, 4) is 0 Å². The predicted octanol–water partition coefficient (Wildman–Crippen LogP) is 2.99. The third kappa shape index (κ3) is 3.65. The second-order valence-corrected chi connectivity index (χ2v) is 7.04. The SMILES string of the molecule is CC(C)(C)C1CCCCC1NC(=O)C(C)(N)C(F)(F)F. The number of nitrogens with one attached hydrogen (secondary N) is 1. The molecule has 1 fully saturated rings. The summed E-state index contributed by atoms with van der Waals surface area (Å²) in [4.78, 5) is 11.9. The van der Waals surface area contributed by atoms with Crippen LogP contribution in [-0.4, -0.2) is 23.7 Å². The molecule has 0 aliphatic heterocycles. The summed E-state index contributed by atoms with van der Waals surface area (Å²) in [5, 5.41) is 2.54. The molecule has 1 rings (SSSR count). The molecule has 0 saturated heterocycles. The Balaban J connectivity index is 2.83. The number of carbonyl (C=O) groups is 1. The number of halogens is 3. The van der Waals surface area contributed by atoms with Gasteiger partial charge in [-0.1, -0.05) is 33.6 Å². The Bertz CT molecular complexity index is 358. The number of rotatable bonds is 2. The molecule has 0 heterocycles. The minimum absolute atomic E-state index is 0.0540. The van der Waals surface area contributed by atoms with Crippen LogP contribution in [0.3, 0.4) is 0 Å². The maximum Gasteiger partial charge on any atom is 0.415 e. The van der Waals surface area contributed by atoms with Crippen LogP contribution in [0.15, 0.2) is 0 Å². The van der Waals surface area contributed by atoms with Crippen LogP contribution in [0.4, 0.5) is 13.2 Å². The number of carbonyl (C=O) groups excluding carboxylic acids is 1. The number of amides is 1. The third-order valence-corrected chi connectivity index (χ3v) is 4.26. The molecule has 3 atom stereocenters. The van der Waals surface area contributed by atoms with E-state index in [4.69, 9.17) is 5.73 Å². The normalized spacial score (nSPS) is 27.8. The Morgan fingerprint density at radius 2 is 1.60 bits per heavy atom. The van der Waals surface area contributed by atoms with Crippen molar-refractivity contribution in [3.63, 3.8) is 0 Å². The molecule has 0 radical (unpaired) electrons. The predicted molar refractivity (Wildman–Crippen MR) is 72.0 cm³/mol. The maximum absolute atomic E-state index is 12.8. The van der Waals surface area contributed by atoms with Gasteiger partial charge in [-0.2, -0.15) is 13.2 Å². The summed E-state index contributed by atoms with van der Waals surface area (Å²) < 4.78 is 38.3. The Labute approximate surface area is 118 Å². The van der Waals surface area contributed by atoms with E-state index in [1.807, 2.05) is 20.8 Å². The monoisotopic (exact) mass is 294 g/mol. The standard InChI is InChI=1S/C14H25F3N2O/c1-12(2,3)9-7-5-6-8-10(9)19-11(20)13(4,18)14(15,16)17/h9-10H,5-8,18H2,1-4H3,(H,19,20). The fourth-order valence-electron chi connectivity index (χ4n) is 2.79. The van der Waals surface area contributed by atoms with Crippen molar-refractivity contribution >= 4 is 5.91 Å². The zero-order valence-corrected chi connectivity index (χ0v) is 12.6. The quantitative estimate of drug-likeness (QED) is 0.822. The highest BCUT2D eigenvalue weighted by molar-refractivity contribution is 5.86. The fraction of sp³-hybridized carbons (Fsp3) is 0.929. The summed E-state index contributed by atoms with van der Waals surface area (Å²) >= 11 is 0. The zero-order chi connectivity index (χ0) is 15.8. The molecule has 1 amide bonds. The van der Waals surface area contributed by atoms with E-state index in [2.05, 4.69) is 5.32 Å². The first-order chi connectivity index (χ1) is 8.87. The molecular weight excluding hydrogens is 269 g/mol. The highest BCUT2D eigenvalue weighted by Gasteiger charge is 2.54. The molecule has 0 spiro atoms. The van der Waals surface area contributed by atoms with Crippen molar-refractivity contribution in [2.45, 2.75) is 71.1 Å².